The summed E-state index contributed by atoms with van der Waals surface area (Å²) in [7, 11) is 0. The smallest absolute Gasteiger partial charge is 0.246 e. The molecule has 0 aromatic carbocycles. The van der Waals surface area contributed by atoms with Crippen molar-refractivity contribution < 1.29 is 9.59 Å². The van der Waals surface area contributed by atoms with Gasteiger partial charge in [0, 0.05) is 18.9 Å². The molecule has 1 N–H and O–H groups in total. The third-order valence-corrected chi connectivity index (χ3v) is 3.42. The van der Waals surface area contributed by atoms with E-state index in [-0.39, 0.29) is 17.9 Å². The summed E-state index contributed by atoms with van der Waals surface area (Å²) in [6.07, 6.45) is 4.94. The summed E-state index contributed by atoms with van der Waals surface area (Å²) in [5.41, 5.74) is 0.986. The van der Waals surface area contributed by atoms with E-state index in [0.717, 1.165) is 12.0 Å². The zero-order valence-electron chi connectivity index (χ0n) is 11.3. The van der Waals surface area contributed by atoms with Gasteiger partial charge in [-0.25, -0.2) is 0 Å². The molecule has 0 saturated carbocycles. The van der Waals surface area contributed by atoms with E-state index in [1.165, 1.54) is 0 Å². The topological polar surface area (TPSA) is 62.3 Å². The van der Waals surface area contributed by atoms with Crippen molar-refractivity contribution >= 4 is 11.8 Å². The maximum Gasteiger partial charge on any atom is 0.246 e. The molecule has 2 amide bonds. The molecule has 102 valence electrons. The third-order valence-electron chi connectivity index (χ3n) is 3.42. The first-order chi connectivity index (χ1) is 9.13. The van der Waals surface area contributed by atoms with E-state index in [9.17, 15) is 9.59 Å². The number of aromatic nitrogens is 1. The largest absolute Gasteiger partial charge is 0.343 e. The molecular formula is C14H19N3O2. The van der Waals surface area contributed by atoms with Gasteiger partial charge >= 0.3 is 0 Å². The van der Waals surface area contributed by atoms with E-state index in [1.807, 2.05) is 19.1 Å². The molecule has 1 aromatic rings. The number of piperazine rings is 1. The molecule has 2 heterocycles. The summed E-state index contributed by atoms with van der Waals surface area (Å²) in [5, 5.41) is 2.79. The Bertz CT molecular complexity index is 461. The van der Waals surface area contributed by atoms with Crippen LogP contribution in [0.1, 0.15) is 32.3 Å². The summed E-state index contributed by atoms with van der Waals surface area (Å²) < 4.78 is 0. The second-order valence-electron chi connectivity index (χ2n) is 4.85. The third kappa shape index (κ3) is 2.92. The number of hydrogen-bond donors (Lipinski definition) is 1. The number of hydrogen-bond acceptors (Lipinski definition) is 3. The number of carbonyl (C=O) groups is 2. The minimum Gasteiger partial charge on any atom is -0.343 e. The Morgan fingerprint density at radius 3 is 2.63 bits per heavy atom. The monoisotopic (exact) mass is 261 g/mol. The van der Waals surface area contributed by atoms with Gasteiger partial charge in [0.25, 0.3) is 0 Å². The van der Waals surface area contributed by atoms with E-state index in [0.29, 0.717) is 13.0 Å². The van der Waals surface area contributed by atoms with E-state index in [1.54, 1.807) is 24.2 Å². The summed E-state index contributed by atoms with van der Waals surface area (Å²) >= 11 is 0. The van der Waals surface area contributed by atoms with Crippen LogP contribution in [0.3, 0.4) is 0 Å². The van der Waals surface area contributed by atoms with Gasteiger partial charge in [-0.15, -0.1) is 0 Å². The van der Waals surface area contributed by atoms with Crippen molar-refractivity contribution in [3.8, 4) is 0 Å². The van der Waals surface area contributed by atoms with Gasteiger partial charge in [0.1, 0.15) is 12.1 Å². The Balaban J connectivity index is 2.16. The quantitative estimate of drug-likeness (QED) is 0.882. The molecule has 2 atom stereocenters. The Labute approximate surface area is 113 Å². The van der Waals surface area contributed by atoms with Crippen LogP contribution < -0.4 is 5.32 Å². The average molecular weight is 261 g/mol. The lowest BCUT2D eigenvalue weighted by Gasteiger charge is -2.37. The van der Waals surface area contributed by atoms with E-state index >= 15 is 0 Å². The maximum absolute atomic E-state index is 12.4. The van der Waals surface area contributed by atoms with Crippen molar-refractivity contribution in [2.24, 2.45) is 0 Å². The molecule has 5 heteroatoms. The van der Waals surface area contributed by atoms with Gasteiger partial charge in [-0.05, 0) is 31.0 Å². The number of rotatable bonds is 4. The predicted molar refractivity (Wildman–Crippen MR) is 71.1 cm³/mol. The van der Waals surface area contributed by atoms with Gasteiger partial charge in [0.15, 0.2) is 0 Å². The lowest BCUT2D eigenvalue weighted by atomic mass is 10.0. The van der Waals surface area contributed by atoms with Gasteiger partial charge in [-0.2, -0.15) is 0 Å². The summed E-state index contributed by atoms with van der Waals surface area (Å²) in [5.74, 6) is -0.0714. The lowest BCUT2D eigenvalue weighted by molar-refractivity contribution is -0.149. The first-order valence-corrected chi connectivity index (χ1v) is 6.63. The van der Waals surface area contributed by atoms with Gasteiger partial charge < -0.3 is 10.2 Å². The standard InChI is InChI=1S/C14H19N3O2/c1-3-4-12-14(19)17(10(2)13(18)16-12)9-11-5-7-15-8-6-11/h5-8,10,12H,3-4,9H2,1-2H3,(H,16,18). The first-order valence-electron chi connectivity index (χ1n) is 6.63. The van der Waals surface area contributed by atoms with Gasteiger partial charge in [0.2, 0.25) is 11.8 Å². The predicted octanol–water partition coefficient (Wildman–Crippen LogP) is 1.10. The lowest BCUT2D eigenvalue weighted by Crippen LogP contribution is -2.61. The number of carbonyl (C=O) groups excluding carboxylic acids is 2. The van der Waals surface area contributed by atoms with E-state index in [4.69, 9.17) is 0 Å². The van der Waals surface area contributed by atoms with Crippen molar-refractivity contribution in [3.63, 3.8) is 0 Å². The highest BCUT2D eigenvalue weighted by molar-refractivity contribution is 5.96. The molecule has 1 aromatic heterocycles. The minimum absolute atomic E-state index is 0.00534. The van der Waals surface area contributed by atoms with E-state index < -0.39 is 6.04 Å². The molecule has 0 bridgehead atoms. The molecule has 1 aliphatic rings. The molecule has 0 radical (unpaired) electrons. The first kappa shape index (κ1) is 13.5. The highest BCUT2D eigenvalue weighted by Crippen LogP contribution is 2.16. The highest BCUT2D eigenvalue weighted by atomic mass is 16.2. The minimum atomic E-state index is -0.422. The van der Waals surface area contributed by atoms with Gasteiger partial charge in [-0.1, -0.05) is 13.3 Å². The highest BCUT2D eigenvalue weighted by Gasteiger charge is 2.37. The molecule has 2 rings (SSSR count). The number of amides is 2. The summed E-state index contributed by atoms with van der Waals surface area (Å²) in [6.45, 7) is 4.22. The molecule has 0 aliphatic carbocycles. The van der Waals surface area contributed by atoms with Crippen LogP contribution in [-0.4, -0.2) is 33.8 Å². The van der Waals surface area contributed by atoms with Crippen molar-refractivity contribution in [2.45, 2.75) is 45.3 Å². The number of pyridine rings is 1. The van der Waals surface area contributed by atoms with Crippen LogP contribution in [0.25, 0.3) is 0 Å². The SMILES string of the molecule is CCCC1NC(=O)C(C)N(Cc2ccncc2)C1=O. The second kappa shape index (κ2) is 5.82. The van der Waals surface area contributed by atoms with Crippen LogP contribution in [0.4, 0.5) is 0 Å². The van der Waals surface area contributed by atoms with Crippen LogP contribution in [0.5, 0.6) is 0 Å². The molecule has 0 spiro atoms. The fourth-order valence-electron chi connectivity index (χ4n) is 2.27. The zero-order valence-corrected chi connectivity index (χ0v) is 11.3. The van der Waals surface area contributed by atoms with Crippen LogP contribution >= 0.6 is 0 Å². The summed E-state index contributed by atoms with van der Waals surface area (Å²) in [6, 6.07) is 2.92. The molecule has 1 fully saturated rings. The molecular weight excluding hydrogens is 242 g/mol. The summed E-state index contributed by atoms with van der Waals surface area (Å²) in [4.78, 5) is 29.9. The van der Waals surface area contributed by atoms with Gasteiger partial charge in [-0.3, -0.25) is 14.6 Å². The maximum atomic E-state index is 12.4. The molecule has 5 nitrogen and oxygen atoms in total. The molecule has 1 aliphatic heterocycles. The number of nitrogens with zero attached hydrogens (tertiary/aromatic N) is 2. The van der Waals surface area contributed by atoms with Crippen molar-refractivity contribution in [2.75, 3.05) is 0 Å². The Morgan fingerprint density at radius 2 is 2.00 bits per heavy atom. The average Bonchev–Trinajstić information content (AvgIpc) is 2.42. The van der Waals surface area contributed by atoms with Crippen LogP contribution in [0.2, 0.25) is 0 Å². The van der Waals surface area contributed by atoms with Crippen molar-refractivity contribution in [3.05, 3.63) is 30.1 Å². The Morgan fingerprint density at radius 1 is 1.32 bits per heavy atom. The Kier molecular flexibility index (Phi) is 4.14. The second-order valence-corrected chi connectivity index (χ2v) is 4.85. The van der Waals surface area contributed by atoms with Crippen molar-refractivity contribution in [1.82, 2.24) is 15.2 Å². The zero-order chi connectivity index (χ0) is 13.8. The Hall–Kier alpha value is -1.91. The fraction of sp³-hybridized carbons (Fsp3) is 0.500. The van der Waals surface area contributed by atoms with Crippen LogP contribution in [0.15, 0.2) is 24.5 Å². The fourth-order valence-corrected chi connectivity index (χ4v) is 2.27. The van der Waals surface area contributed by atoms with E-state index in [2.05, 4.69) is 10.3 Å². The normalized spacial score (nSPS) is 23.4. The van der Waals surface area contributed by atoms with Crippen LogP contribution in [0, 0.1) is 0 Å². The molecule has 1 saturated heterocycles. The molecule has 2 unspecified atom stereocenters. The van der Waals surface area contributed by atoms with Crippen LogP contribution in [-0.2, 0) is 16.1 Å². The molecule has 19 heavy (non-hydrogen) atoms. The van der Waals surface area contributed by atoms with Gasteiger partial charge in [0.05, 0.1) is 0 Å². The number of nitrogens with one attached hydrogen (secondary N) is 1. The van der Waals surface area contributed by atoms with Crippen molar-refractivity contribution in [1.29, 1.82) is 0 Å².